The van der Waals surface area contributed by atoms with Crippen molar-refractivity contribution in [2.45, 2.75) is 26.4 Å². The minimum atomic E-state index is -0.629. The number of hydrogen-bond donors (Lipinski definition) is 1. The van der Waals surface area contributed by atoms with Gasteiger partial charge in [0.2, 0.25) is 0 Å². The van der Waals surface area contributed by atoms with Gasteiger partial charge in [0, 0.05) is 12.5 Å². The molecule has 1 aromatic heterocycles. The van der Waals surface area contributed by atoms with Crippen molar-refractivity contribution in [2.24, 2.45) is 0 Å². The standard InChI is InChI=1S/C7H10BNO2/c1-3-5(10)6-7(8)9-4(2)11-6/h5,10H,3H2,1-2H3. The number of hydrogen-bond acceptors (Lipinski definition) is 3. The molecule has 11 heavy (non-hydrogen) atoms. The van der Waals surface area contributed by atoms with Crippen LogP contribution in [-0.2, 0) is 0 Å². The predicted molar refractivity (Wildman–Crippen MR) is 41.9 cm³/mol. The second-order valence-electron chi connectivity index (χ2n) is 2.41. The molecule has 1 rings (SSSR count). The molecule has 0 aliphatic heterocycles. The minimum Gasteiger partial charge on any atom is -0.444 e. The smallest absolute Gasteiger partial charge is 0.190 e. The summed E-state index contributed by atoms with van der Waals surface area (Å²) in [5.74, 6) is 0.870. The van der Waals surface area contributed by atoms with E-state index in [2.05, 4.69) is 4.98 Å². The average molecular weight is 151 g/mol. The molecule has 0 amide bonds. The van der Waals surface area contributed by atoms with Crippen molar-refractivity contribution >= 4 is 13.4 Å². The molecule has 1 N–H and O–H groups in total. The Morgan fingerprint density at radius 1 is 1.73 bits per heavy atom. The van der Waals surface area contributed by atoms with Crippen LogP contribution in [0.1, 0.15) is 31.1 Å². The predicted octanol–water partition coefficient (Wildman–Crippen LogP) is 0.220. The zero-order valence-corrected chi connectivity index (χ0v) is 6.66. The Bertz CT molecular complexity index is 247. The van der Waals surface area contributed by atoms with Gasteiger partial charge >= 0.3 is 0 Å². The Labute approximate surface area is 66.9 Å². The fraction of sp³-hybridized carbons (Fsp3) is 0.571. The fourth-order valence-corrected chi connectivity index (χ4v) is 0.883. The molecule has 0 aliphatic carbocycles. The van der Waals surface area contributed by atoms with Gasteiger partial charge in [-0.25, -0.2) is 4.98 Å². The number of nitrogens with zero attached hydrogens (tertiary/aromatic N) is 1. The summed E-state index contributed by atoms with van der Waals surface area (Å²) in [5, 5.41) is 9.31. The summed E-state index contributed by atoms with van der Waals surface area (Å²) >= 11 is 0. The summed E-state index contributed by atoms with van der Waals surface area (Å²) in [4.78, 5) is 3.83. The fourth-order valence-electron chi connectivity index (χ4n) is 0.883. The highest BCUT2D eigenvalue weighted by Crippen LogP contribution is 2.13. The third-order valence-corrected chi connectivity index (χ3v) is 1.48. The first-order chi connectivity index (χ1) is 5.15. The molecule has 0 aliphatic rings. The molecule has 3 nitrogen and oxygen atoms in total. The number of aromatic nitrogens is 1. The highest BCUT2D eigenvalue weighted by atomic mass is 16.4. The Kier molecular flexibility index (Phi) is 2.34. The van der Waals surface area contributed by atoms with Crippen molar-refractivity contribution in [3.05, 3.63) is 11.7 Å². The number of rotatable bonds is 2. The quantitative estimate of drug-likeness (QED) is 0.615. The van der Waals surface area contributed by atoms with Gasteiger partial charge in [0.1, 0.15) is 19.7 Å². The Morgan fingerprint density at radius 3 is 2.73 bits per heavy atom. The zero-order chi connectivity index (χ0) is 8.43. The van der Waals surface area contributed by atoms with E-state index in [-0.39, 0.29) is 5.59 Å². The van der Waals surface area contributed by atoms with Crippen molar-refractivity contribution in [1.82, 2.24) is 4.98 Å². The van der Waals surface area contributed by atoms with Gasteiger partial charge < -0.3 is 9.52 Å². The van der Waals surface area contributed by atoms with Crippen molar-refractivity contribution in [3.63, 3.8) is 0 Å². The molecule has 58 valence electrons. The highest BCUT2D eigenvalue weighted by Gasteiger charge is 2.13. The maximum Gasteiger partial charge on any atom is 0.190 e. The first-order valence-corrected chi connectivity index (χ1v) is 3.56. The van der Waals surface area contributed by atoms with Crippen LogP contribution in [0.4, 0.5) is 0 Å². The zero-order valence-electron chi connectivity index (χ0n) is 6.66. The molecule has 0 saturated heterocycles. The van der Waals surface area contributed by atoms with Crippen LogP contribution in [0.2, 0.25) is 0 Å². The number of aliphatic hydroxyl groups is 1. The normalized spacial score (nSPS) is 13.4. The van der Waals surface area contributed by atoms with E-state index < -0.39 is 6.10 Å². The van der Waals surface area contributed by atoms with Crippen molar-refractivity contribution in [2.75, 3.05) is 0 Å². The van der Waals surface area contributed by atoms with E-state index in [0.29, 0.717) is 18.1 Å². The summed E-state index contributed by atoms with van der Waals surface area (Å²) in [5.41, 5.74) is 0.289. The van der Waals surface area contributed by atoms with Gasteiger partial charge in [-0.3, -0.25) is 0 Å². The molecule has 1 aromatic rings. The van der Waals surface area contributed by atoms with E-state index in [0.717, 1.165) is 0 Å². The van der Waals surface area contributed by atoms with Gasteiger partial charge in [-0.1, -0.05) is 6.92 Å². The minimum absolute atomic E-state index is 0.289. The molecule has 0 bridgehead atoms. The van der Waals surface area contributed by atoms with E-state index in [1.165, 1.54) is 0 Å². The van der Waals surface area contributed by atoms with Crippen LogP contribution in [0.25, 0.3) is 0 Å². The maximum absolute atomic E-state index is 9.31. The van der Waals surface area contributed by atoms with E-state index in [9.17, 15) is 5.11 Å². The van der Waals surface area contributed by atoms with Crippen LogP contribution in [0, 0.1) is 6.92 Å². The number of aliphatic hydroxyl groups excluding tert-OH is 1. The average Bonchev–Trinajstić information content (AvgIpc) is 2.28. The first kappa shape index (κ1) is 8.33. The van der Waals surface area contributed by atoms with Gasteiger partial charge in [-0.2, -0.15) is 0 Å². The summed E-state index contributed by atoms with van der Waals surface area (Å²) in [6.45, 7) is 3.55. The van der Waals surface area contributed by atoms with Crippen molar-refractivity contribution in [3.8, 4) is 0 Å². The number of oxazole rings is 1. The van der Waals surface area contributed by atoms with Crippen LogP contribution < -0.4 is 5.59 Å². The second kappa shape index (κ2) is 3.09. The lowest BCUT2D eigenvalue weighted by molar-refractivity contribution is 0.146. The van der Waals surface area contributed by atoms with Gasteiger partial charge in [0.05, 0.1) is 0 Å². The maximum atomic E-state index is 9.31. The summed E-state index contributed by atoms with van der Waals surface area (Å²) in [7, 11) is 5.45. The lowest BCUT2D eigenvalue weighted by atomic mass is 9.99. The topological polar surface area (TPSA) is 46.3 Å². The molecule has 1 atom stereocenters. The Morgan fingerprint density at radius 2 is 2.36 bits per heavy atom. The van der Waals surface area contributed by atoms with Crippen LogP contribution in [0.5, 0.6) is 0 Å². The van der Waals surface area contributed by atoms with E-state index in [4.69, 9.17) is 12.3 Å². The van der Waals surface area contributed by atoms with Crippen LogP contribution in [0.15, 0.2) is 4.42 Å². The molecule has 0 fully saturated rings. The van der Waals surface area contributed by atoms with Crippen molar-refractivity contribution < 1.29 is 9.52 Å². The van der Waals surface area contributed by atoms with E-state index in [1.807, 2.05) is 6.92 Å². The number of aryl methyl sites for hydroxylation is 1. The molecule has 0 saturated carbocycles. The third-order valence-electron chi connectivity index (χ3n) is 1.48. The van der Waals surface area contributed by atoms with Crippen LogP contribution in [-0.4, -0.2) is 17.9 Å². The molecule has 4 heteroatoms. The second-order valence-corrected chi connectivity index (χ2v) is 2.41. The summed E-state index contributed by atoms with van der Waals surface area (Å²) in [6, 6.07) is 0. The van der Waals surface area contributed by atoms with Crippen molar-refractivity contribution in [1.29, 1.82) is 0 Å². The van der Waals surface area contributed by atoms with Gasteiger partial charge in [0.15, 0.2) is 5.89 Å². The molecule has 1 unspecified atom stereocenters. The van der Waals surface area contributed by atoms with Crippen LogP contribution in [0.3, 0.4) is 0 Å². The molecule has 0 spiro atoms. The van der Waals surface area contributed by atoms with E-state index in [1.54, 1.807) is 6.92 Å². The summed E-state index contributed by atoms with van der Waals surface area (Å²) in [6.07, 6.45) is -0.0463. The molecular weight excluding hydrogens is 141 g/mol. The van der Waals surface area contributed by atoms with Gasteiger partial charge in [0.25, 0.3) is 0 Å². The molecule has 2 radical (unpaired) electrons. The van der Waals surface area contributed by atoms with E-state index >= 15 is 0 Å². The highest BCUT2D eigenvalue weighted by molar-refractivity contribution is 6.31. The van der Waals surface area contributed by atoms with Crippen LogP contribution >= 0.6 is 0 Å². The molecule has 0 aromatic carbocycles. The monoisotopic (exact) mass is 151 g/mol. The molecule has 1 heterocycles. The van der Waals surface area contributed by atoms with Gasteiger partial charge in [-0.15, -0.1) is 0 Å². The lowest BCUT2D eigenvalue weighted by Crippen LogP contribution is -2.12. The first-order valence-electron chi connectivity index (χ1n) is 3.56. The molecular formula is C7H10BNO2. The Hall–Kier alpha value is -0.765. The Balaban J connectivity index is 2.93. The lowest BCUT2D eigenvalue weighted by Gasteiger charge is -2.02. The largest absolute Gasteiger partial charge is 0.444 e. The SMILES string of the molecule is [B]c1nc(C)oc1C(O)CC. The van der Waals surface area contributed by atoms with Gasteiger partial charge in [-0.05, 0) is 6.42 Å². The summed E-state index contributed by atoms with van der Waals surface area (Å²) < 4.78 is 5.08. The third kappa shape index (κ3) is 1.63.